The highest BCUT2D eigenvalue weighted by Crippen LogP contribution is 2.31. The Morgan fingerprint density at radius 2 is 1.97 bits per heavy atom. The van der Waals surface area contributed by atoms with Gasteiger partial charge in [-0.25, -0.2) is 0 Å². The molecule has 154 valence electrons. The second-order valence-corrected chi connectivity index (χ2v) is 6.72. The van der Waals surface area contributed by atoms with Crippen LogP contribution < -0.4 is 18.9 Å². The lowest BCUT2D eigenvalue weighted by Gasteiger charge is -2.30. The average Bonchev–Trinajstić information content (AvgIpc) is 2.76. The quantitative estimate of drug-likeness (QED) is 0.634. The van der Waals surface area contributed by atoms with Crippen molar-refractivity contribution >= 4 is 12.0 Å². The van der Waals surface area contributed by atoms with E-state index in [0.29, 0.717) is 36.9 Å². The number of amides is 1. The van der Waals surface area contributed by atoms with Gasteiger partial charge in [-0.2, -0.15) is 0 Å². The molecule has 6 heteroatoms. The van der Waals surface area contributed by atoms with Crippen molar-refractivity contribution in [1.82, 2.24) is 4.90 Å². The number of carbonyl (C=O) groups is 1. The van der Waals surface area contributed by atoms with Gasteiger partial charge in [0.05, 0.1) is 20.8 Å². The van der Waals surface area contributed by atoms with E-state index in [2.05, 4.69) is 0 Å². The third kappa shape index (κ3) is 5.22. The lowest BCUT2D eigenvalue weighted by molar-refractivity contribution is -0.127. The third-order valence-corrected chi connectivity index (χ3v) is 4.64. The van der Waals surface area contributed by atoms with Crippen LogP contribution in [-0.4, -0.2) is 50.8 Å². The summed E-state index contributed by atoms with van der Waals surface area (Å²) < 4.78 is 22.4. The molecule has 0 saturated heterocycles. The minimum atomic E-state index is -0.208. The Morgan fingerprint density at radius 1 is 1.17 bits per heavy atom. The first-order valence-electron chi connectivity index (χ1n) is 9.72. The van der Waals surface area contributed by atoms with Crippen LogP contribution in [0.25, 0.3) is 6.08 Å². The van der Waals surface area contributed by atoms with Crippen LogP contribution in [0.5, 0.6) is 23.0 Å². The first kappa shape index (κ1) is 20.6. The summed E-state index contributed by atoms with van der Waals surface area (Å²) in [5.41, 5.74) is 0.780. The highest BCUT2D eigenvalue weighted by molar-refractivity contribution is 5.92. The fraction of sp³-hybridized carbons (Fsp3) is 0.348. The molecule has 2 aromatic carbocycles. The van der Waals surface area contributed by atoms with Gasteiger partial charge in [0.15, 0.2) is 17.6 Å². The summed E-state index contributed by atoms with van der Waals surface area (Å²) in [6, 6.07) is 13.0. The van der Waals surface area contributed by atoms with Crippen molar-refractivity contribution in [1.29, 1.82) is 0 Å². The molecule has 1 aliphatic rings. The molecule has 0 aliphatic carbocycles. The summed E-state index contributed by atoms with van der Waals surface area (Å²) in [5, 5.41) is 0. The van der Waals surface area contributed by atoms with E-state index in [1.807, 2.05) is 49.4 Å². The van der Waals surface area contributed by atoms with Gasteiger partial charge in [-0.1, -0.05) is 19.1 Å². The molecular formula is C23H27NO5. The Labute approximate surface area is 171 Å². The highest BCUT2D eigenvalue weighted by Gasteiger charge is 2.24. The Balaban J connectivity index is 1.69. The number of rotatable bonds is 8. The van der Waals surface area contributed by atoms with E-state index < -0.39 is 0 Å². The number of ether oxygens (including phenoxy) is 4. The predicted molar refractivity (Wildman–Crippen MR) is 112 cm³/mol. The van der Waals surface area contributed by atoms with E-state index in [1.165, 1.54) is 0 Å². The Kier molecular flexibility index (Phi) is 7.00. The van der Waals surface area contributed by atoms with Crippen LogP contribution in [0, 0.1) is 0 Å². The first-order chi connectivity index (χ1) is 14.1. The number of hydrogen-bond acceptors (Lipinski definition) is 5. The number of nitrogens with zero attached hydrogens (tertiary/aromatic N) is 1. The first-order valence-corrected chi connectivity index (χ1v) is 9.72. The summed E-state index contributed by atoms with van der Waals surface area (Å²) in [4.78, 5) is 14.6. The molecule has 2 aromatic rings. The van der Waals surface area contributed by atoms with Gasteiger partial charge in [0.2, 0.25) is 5.91 Å². The number of benzene rings is 2. The average molecular weight is 397 g/mol. The number of fused-ring (bicyclic) bond motifs is 1. The monoisotopic (exact) mass is 397 g/mol. The molecule has 0 aromatic heterocycles. The number of methoxy groups -OCH3 is 2. The van der Waals surface area contributed by atoms with Crippen molar-refractivity contribution in [3.8, 4) is 23.0 Å². The molecule has 0 N–H and O–H groups in total. The zero-order chi connectivity index (χ0) is 20.6. The van der Waals surface area contributed by atoms with E-state index in [0.717, 1.165) is 17.7 Å². The molecule has 0 saturated carbocycles. The topological polar surface area (TPSA) is 57.2 Å². The Bertz CT molecular complexity index is 864. The molecule has 0 bridgehead atoms. The second-order valence-electron chi connectivity index (χ2n) is 6.72. The third-order valence-electron chi connectivity index (χ3n) is 4.64. The summed E-state index contributed by atoms with van der Waals surface area (Å²) in [5.74, 6) is 2.75. The van der Waals surface area contributed by atoms with E-state index in [4.69, 9.17) is 18.9 Å². The minimum Gasteiger partial charge on any atom is -0.497 e. The SMILES string of the molecule is CCCN(C[C@H]1COc2ccccc2O1)C(=O)/C=C/c1cc(OC)ccc1OC. The molecular weight excluding hydrogens is 370 g/mol. The second kappa shape index (κ2) is 9.87. The van der Waals surface area contributed by atoms with Crippen LogP contribution in [0.4, 0.5) is 0 Å². The summed E-state index contributed by atoms with van der Waals surface area (Å²) in [6.07, 6.45) is 3.96. The Morgan fingerprint density at radius 3 is 2.69 bits per heavy atom. The molecule has 3 rings (SSSR count). The molecule has 6 nitrogen and oxygen atoms in total. The standard InChI is InChI=1S/C23H27NO5/c1-4-13-24(15-19-16-28-21-7-5-6-8-22(21)29-19)23(25)12-9-17-14-18(26-2)10-11-20(17)27-3/h5-12,14,19H,4,13,15-16H2,1-3H3/b12-9+/t19-/m0/s1. The van der Waals surface area contributed by atoms with Gasteiger partial charge in [0, 0.05) is 18.2 Å². The zero-order valence-corrected chi connectivity index (χ0v) is 17.1. The minimum absolute atomic E-state index is 0.0841. The maximum atomic E-state index is 12.9. The van der Waals surface area contributed by atoms with Crippen LogP contribution in [0.15, 0.2) is 48.5 Å². The number of hydrogen-bond donors (Lipinski definition) is 0. The maximum Gasteiger partial charge on any atom is 0.246 e. The molecule has 1 amide bonds. The van der Waals surface area contributed by atoms with E-state index in [1.54, 1.807) is 31.3 Å². The molecule has 0 fully saturated rings. The van der Waals surface area contributed by atoms with E-state index in [-0.39, 0.29) is 12.0 Å². The Hall–Kier alpha value is -3.15. The van der Waals surface area contributed by atoms with Crippen LogP contribution in [-0.2, 0) is 4.79 Å². The molecule has 0 radical (unpaired) electrons. The van der Waals surface area contributed by atoms with Gasteiger partial charge in [0.1, 0.15) is 18.1 Å². The zero-order valence-electron chi connectivity index (χ0n) is 17.1. The molecule has 1 aliphatic heterocycles. The molecule has 29 heavy (non-hydrogen) atoms. The van der Waals surface area contributed by atoms with Gasteiger partial charge in [-0.05, 0) is 42.8 Å². The highest BCUT2D eigenvalue weighted by atomic mass is 16.6. The van der Waals surface area contributed by atoms with E-state index in [9.17, 15) is 4.79 Å². The largest absolute Gasteiger partial charge is 0.497 e. The van der Waals surface area contributed by atoms with Crippen LogP contribution in [0.2, 0.25) is 0 Å². The van der Waals surface area contributed by atoms with Crippen LogP contribution in [0.3, 0.4) is 0 Å². The smallest absolute Gasteiger partial charge is 0.246 e. The normalized spacial score (nSPS) is 15.2. The summed E-state index contributed by atoms with van der Waals surface area (Å²) in [6.45, 7) is 3.56. The fourth-order valence-corrected chi connectivity index (χ4v) is 3.20. The predicted octanol–water partition coefficient (Wildman–Crippen LogP) is 3.80. The van der Waals surface area contributed by atoms with Gasteiger partial charge in [-0.15, -0.1) is 0 Å². The number of para-hydroxylation sites is 2. The summed E-state index contributed by atoms with van der Waals surface area (Å²) in [7, 11) is 3.20. The molecule has 1 atom stereocenters. The lowest BCUT2D eigenvalue weighted by atomic mass is 10.1. The molecule has 0 unspecified atom stereocenters. The van der Waals surface area contributed by atoms with E-state index >= 15 is 0 Å². The van der Waals surface area contributed by atoms with Gasteiger partial charge < -0.3 is 23.8 Å². The van der Waals surface area contributed by atoms with Crippen molar-refractivity contribution < 1.29 is 23.7 Å². The summed E-state index contributed by atoms with van der Waals surface area (Å²) >= 11 is 0. The van der Waals surface area contributed by atoms with Gasteiger partial charge in [0.25, 0.3) is 0 Å². The van der Waals surface area contributed by atoms with Crippen molar-refractivity contribution in [3.05, 3.63) is 54.1 Å². The van der Waals surface area contributed by atoms with Crippen molar-refractivity contribution in [2.24, 2.45) is 0 Å². The number of carbonyl (C=O) groups excluding carboxylic acids is 1. The van der Waals surface area contributed by atoms with Crippen molar-refractivity contribution in [2.45, 2.75) is 19.4 Å². The van der Waals surface area contributed by atoms with Crippen molar-refractivity contribution in [3.63, 3.8) is 0 Å². The lowest BCUT2D eigenvalue weighted by Crippen LogP contribution is -2.43. The van der Waals surface area contributed by atoms with Crippen LogP contribution >= 0.6 is 0 Å². The fourth-order valence-electron chi connectivity index (χ4n) is 3.20. The molecule has 1 heterocycles. The van der Waals surface area contributed by atoms with Gasteiger partial charge >= 0.3 is 0 Å². The van der Waals surface area contributed by atoms with Gasteiger partial charge in [-0.3, -0.25) is 4.79 Å². The molecule has 0 spiro atoms. The van der Waals surface area contributed by atoms with Crippen LogP contribution in [0.1, 0.15) is 18.9 Å². The van der Waals surface area contributed by atoms with Crippen molar-refractivity contribution in [2.75, 3.05) is 33.9 Å². The maximum absolute atomic E-state index is 12.9.